The second-order valence-corrected chi connectivity index (χ2v) is 9.38. The second-order valence-electron chi connectivity index (χ2n) is 9.38. The van der Waals surface area contributed by atoms with Crippen molar-refractivity contribution in [2.45, 2.75) is 143 Å². The van der Waals surface area contributed by atoms with E-state index in [1.807, 2.05) is 0 Å². The molecule has 1 heterocycles. The van der Waals surface area contributed by atoms with Crippen LogP contribution in [0.2, 0.25) is 0 Å². The topological polar surface area (TPSA) is 8.81 Å². The molecule has 0 amide bonds. The molecule has 1 aromatic heterocycles. The maximum Gasteiger partial charge on any atom is 0.243 e. The van der Waals surface area contributed by atoms with Gasteiger partial charge >= 0.3 is 0 Å². The molecule has 1 aromatic rings. The molecule has 2 nitrogen and oxygen atoms in total. The first-order valence-electron chi connectivity index (χ1n) is 12.8. The van der Waals surface area contributed by atoms with E-state index in [0.717, 1.165) is 5.92 Å². The van der Waals surface area contributed by atoms with E-state index in [1.165, 1.54) is 122 Å². The molecule has 1 rings (SSSR count). The first kappa shape index (κ1) is 25.2. The van der Waals surface area contributed by atoms with Gasteiger partial charge in [-0.1, -0.05) is 104 Å². The molecule has 0 aliphatic heterocycles. The van der Waals surface area contributed by atoms with Crippen molar-refractivity contribution in [2.24, 2.45) is 5.92 Å². The van der Waals surface area contributed by atoms with Gasteiger partial charge in [0.25, 0.3) is 0 Å². The van der Waals surface area contributed by atoms with E-state index in [4.69, 9.17) is 0 Å². The number of rotatable bonds is 20. The second kappa shape index (κ2) is 18.3. The van der Waals surface area contributed by atoms with Gasteiger partial charge in [-0.2, -0.15) is 0 Å². The van der Waals surface area contributed by atoms with E-state index < -0.39 is 0 Å². The molecule has 164 valence electrons. The molecule has 0 aliphatic carbocycles. The minimum absolute atomic E-state index is 0.856. The highest BCUT2D eigenvalue weighted by molar-refractivity contribution is 4.66. The van der Waals surface area contributed by atoms with Crippen molar-refractivity contribution in [2.75, 3.05) is 0 Å². The third-order valence-corrected chi connectivity index (χ3v) is 5.96. The fourth-order valence-corrected chi connectivity index (χ4v) is 4.04. The van der Waals surface area contributed by atoms with Crippen LogP contribution in [0.3, 0.4) is 0 Å². The zero-order chi connectivity index (χ0) is 20.3. The van der Waals surface area contributed by atoms with Gasteiger partial charge in [0.15, 0.2) is 0 Å². The van der Waals surface area contributed by atoms with Crippen molar-refractivity contribution < 1.29 is 4.57 Å². The van der Waals surface area contributed by atoms with E-state index in [-0.39, 0.29) is 0 Å². The highest BCUT2D eigenvalue weighted by atomic mass is 15.1. The minimum atomic E-state index is 0.856. The number of hydrogen-bond acceptors (Lipinski definition) is 0. The number of unbranched alkanes of at least 4 members (excludes halogenated alkanes) is 14. The maximum absolute atomic E-state index is 2.38. The van der Waals surface area contributed by atoms with Crippen LogP contribution in [0.4, 0.5) is 0 Å². The Hall–Kier alpha value is -0.790. The van der Waals surface area contributed by atoms with E-state index in [9.17, 15) is 0 Å². The summed E-state index contributed by atoms with van der Waals surface area (Å²) >= 11 is 0. The monoisotopic (exact) mass is 391 g/mol. The van der Waals surface area contributed by atoms with Gasteiger partial charge in [-0.15, -0.1) is 0 Å². The smallest absolute Gasteiger partial charge is 0.237 e. The summed E-state index contributed by atoms with van der Waals surface area (Å²) < 4.78 is 4.75. The minimum Gasteiger partial charge on any atom is -0.237 e. The lowest BCUT2D eigenvalue weighted by molar-refractivity contribution is -0.696. The molecule has 0 saturated carbocycles. The number of imidazole rings is 1. The third kappa shape index (κ3) is 15.2. The van der Waals surface area contributed by atoms with Gasteiger partial charge in [0.05, 0.1) is 13.1 Å². The highest BCUT2D eigenvalue weighted by Crippen LogP contribution is 2.12. The molecule has 0 atom stereocenters. The van der Waals surface area contributed by atoms with Crippen LogP contribution in [-0.2, 0) is 13.1 Å². The molecule has 0 unspecified atom stereocenters. The molecule has 2 heteroatoms. The molecular weight excluding hydrogens is 340 g/mol. The summed E-state index contributed by atoms with van der Waals surface area (Å²) in [5, 5.41) is 0. The Labute approximate surface area is 177 Å². The highest BCUT2D eigenvalue weighted by Gasteiger charge is 2.04. The summed E-state index contributed by atoms with van der Waals surface area (Å²) in [5.41, 5.74) is 0. The fraction of sp³-hybridized carbons (Fsp3) is 0.885. The Morgan fingerprint density at radius 2 is 1.21 bits per heavy atom. The number of nitrogens with zero attached hydrogens (tertiary/aromatic N) is 2. The van der Waals surface area contributed by atoms with Gasteiger partial charge in [0.2, 0.25) is 6.33 Å². The lowest BCUT2D eigenvalue weighted by Crippen LogP contribution is -2.30. The molecule has 0 fully saturated rings. The predicted octanol–water partition coefficient (Wildman–Crippen LogP) is 8.08. The van der Waals surface area contributed by atoms with Crippen LogP contribution in [0.25, 0.3) is 0 Å². The summed E-state index contributed by atoms with van der Waals surface area (Å²) in [7, 11) is 0. The van der Waals surface area contributed by atoms with Crippen LogP contribution in [0, 0.1) is 5.92 Å². The van der Waals surface area contributed by atoms with Gasteiger partial charge in [-0.05, 0) is 31.6 Å². The Bertz CT molecular complexity index is 435. The van der Waals surface area contributed by atoms with E-state index >= 15 is 0 Å². The number of aryl methyl sites for hydroxylation is 2. The van der Waals surface area contributed by atoms with E-state index in [0.29, 0.717) is 0 Å². The molecule has 0 spiro atoms. The predicted molar refractivity (Wildman–Crippen MR) is 124 cm³/mol. The molecule has 0 saturated heterocycles. The van der Waals surface area contributed by atoms with Gasteiger partial charge in [-0.25, -0.2) is 9.13 Å². The summed E-state index contributed by atoms with van der Waals surface area (Å²) in [6.07, 6.45) is 30.9. The van der Waals surface area contributed by atoms with Crippen molar-refractivity contribution >= 4 is 0 Å². The van der Waals surface area contributed by atoms with Crippen molar-refractivity contribution in [1.82, 2.24) is 4.57 Å². The van der Waals surface area contributed by atoms with Gasteiger partial charge in [0, 0.05) is 0 Å². The Morgan fingerprint density at radius 3 is 1.79 bits per heavy atom. The van der Waals surface area contributed by atoms with Crippen LogP contribution in [-0.4, -0.2) is 4.57 Å². The summed E-state index contributed by atoms with van der Waals surface area (Å²) in [4.78, 5) is 0. The average molecular weight is 392 g/mol. The van der Waals surface area contributed by atoms with Gasteiger partial charge < -0.3 is 0 Å². The molecule has 0 aromatic carbocycles. The molecule has 0 N–H and O–H groups in total. The SMILES string of the molecule is CCCCCCCCCCCCCCCn1cc[n+](CCCCCC(C)C)c1. The first-order chi connectivity index (χ1) is 13.7. The zero-order valence-corrected chi connectivity index (χ0v) is 19.6. The Balaban J connectivity index is 1.87. The van der Waals surface area contributed by atoms with Gasteiger partial charge in [0.1, 0.15) is 12.4 Å². The van der Waals surface area contributed by atoms with Crippen LogP contribution in [0.15, 0.2) is 18.7 Å². The zero-order valence-electron chi connectivity index (χ0n) is 19.6. The first-order valence-corrected chi connectivity index (χ1v) is 12.8. The van der Waals surface area contributed by atoms with Gasteiger partial charge in [-0.3, -0.25) is 0 Å². The van der Waals surface area contributed by atoms with E-state index in [1.54, 1.807) is 0 Å². The standard InChI is InChI=1S/C26H51N2/c1-4-5-6-7-8-9-10-11-12-13-14-15-18-21-27-23-24-28(25-27)22-19-16-17-20-26(2)3/h23-26H,4-22H2,1-3H3/q+1. The summed E-state index contributed by atoms with van der Waals surface area (Å²) in [5.74, 6) is 0.856. The number of aromatic nitrogens is 2. The molecule has 0 radical (unpaired) electrons. The normalized spacial score (nSPS) is 11.6. The third-order valence-electron chi connectivity index (χ3n) is 5.96. The average Bonchev–Trinajstić information content (AvgIpc) is 3.12. The van der Waals surface area contributed by atoms with Crippen molar-refractivity contribution in [1.29, 1.82) is 0 Å². The number of hydrogen-bond donors (Lipinski definition) is 0. The summed E-state index contributed by atoms with van der Waals surface area (Å²) in [6.45, 7) is 9.32. The fourth-order valence-electron chi connectivity index (χ4n) is 4.04. The van der Waals surface area contributed by atoms with Crippen LogP contribution in [0.1, 0.15) is 130 Å². The van der Waals surface area contributed by atoms with Crippen molar-refractivity contribution in [3.63, 3.8) is 0 Å². The largest absolute Gasteiger partial charge is 0.243 e. The van der Waals surface area contributed by atoms with Crippen LogP contribution >= 0.6 is 0 Å². The van der Waals surface area contributed by atoms with Crippen LogP contribution < -0.4 is 4.57 Å². The quantitative estimate of drug-likeness (QED) is 0.157. The lowest BCUT2D eigenvalue weighted by atomic mass is 10.0. The molecular formula is C26H51N2+. The molecule has 0 aliphatic rings. The Kier molecular flexibility index (Phi) is 16.5. The molecule has 28 heavy (non-hydrogen) atoms. The lowest BCUT2D eigenvalue weighted by Gasteiger charge is -2.03. The molecule has 0 bridgehead atoms. The van der Waals surface area contributed by atoms with Crippen molar-refractivity contribution in [3.8, 4) is 0 Å². The Morgan fingerprint density at radius 1 is 0.679 bits per heavy atom. The van der Waals surface area contributed by atoms with Crippen molar-refractivity contribution in [3.05, 3.63) is 18.7 Å². The summed E-state index contributed by atoms with van der Waals surface area (Å²) in [6, 6.07) is 0. The maximum atomic E-state index is 2.38. The van der Waals surface area contributed by atoms with E-state index in [2.05, 4.69) is 48.6 Å². The van der Waals surface area contributed by atoms with Crippen LogP contribution in [0.5, 0.6) is 0 Å².